The molecular weight excluding hydrogens is 214 g/mol. The number of nitrogens with zero attached hydrogens (tertiary/aromatic N) is 2. The van der Waals surface area contributed by atoms with Crippen LogP contribution in [0.4, 0.5) is 0 Å². The van der Waals surface area contributed by atoms with Gasteiger partial charge in [-0.05, 0) is 30.7 Å². The molecule has 4 heteroatoms. The number of benzene rings is 1. The lowest BCUT2D eigenvalue weighted by atomic mass is 9.96. The first-order chi connectivity index (χ1) is 7.88. The van der Waals surface area contributed by atoms with Crippen molar-refractivity contribution < 1.29 is 5.11 Å². The average Bonchev–Trinajstić information content (AvgIpc) is 2.70. The fraction of sp³-hybridized carbons (Fsp3) is 0.385. The zero-order valence-electron chi connectivity index (χ0n) is 10.6. The van der Waals surface area contributed by atoms with Crippen LogP contribution in [0.25, 0.3) is 11.4 Å². The van der Waals surface area contributed by atoms with Crippen LogP contribution in [-0.4, -0.2) is 20.3 Å². The van der Waals surface area contributed by atoms with Gasteiger partial charge in [-0.25, -0.2) is 4.98 Å². The summed E-state index contributed by atoms with van der Waals surface area (Å²) in [5.41, 5.74) is 1.69. The maximum absolute atomic E-state index is 9.48. The summed E-state index contributed by atoms with van der Waals surface area (Å²) < 4.78 is 0. The first-order valence-corrected chi connectivity index (χ1v) is 5.61. The van der Waals surface area contributed by atoms with E-state index < -0.39 is 0 Å². The van der Waals surface area contributed by atoms with Crippen molar-refractivity contribution in [2.24, 2.45) is 0 Å². The number of hydrogen-bond donors (Lipinski definition) is 2. The minimum Gasteiger partial charge on any atom is -0.508 e. The summed E-state index contributed by atoms with van der Waals surface area (Å²) in [7, 11) is 0. The molecule has 0 saturated heterocycles. The lowest BCUT2D eigenvalue weighted by Gasteiger charge is -2.12. The van der Waals surface area contributed by atoms with Crippen molar-refractivity contribution in [3.8, 4) is 17.1 Å². The number of aryl methyl sites for hydroxylation is 1. The lowest BCUT2D eigenvalue weighted by molar-refractivity contribution is 0.471. The zero-order chi connectivity index (χ0) is 12.6. The van der Waals surface area contributed by atoms with Gasteiger partial charge in [-0.15, -0.1) is 0 Å². The van der Waals surface area contributed by atoms with E-state index in [1.54, 1.807) is 6.07 Å². The number of hydrogen-bond acceptors (Lipinski definition) is 3. The Kier molecular flexibility index (Phi) is 2.65. The summed E-state index contributed by atoms with van der Waals surface area (Å²) >= 11 is 0. The highest BCUT2D eigenvalue weighted by atomic mass is 16.3. The van der Waals surface area contributed by atoms with Gasteiger partial charge in [0.2, 0.25) is 0 Å². The second kappa shape index (κ2) is 3.87. The van der Waals surface area contributed by atoms with Crippen molar-refractivity contribution in [1.82, 2.24) is 15.2 Å². The standard InChI is InChI=1S/C13H17N3O/c1-8-7-9(5-6-10(8)17)11-14-12(16-15-11)13(2,3)4/h5-7,17H,1-4H3,(H,14,15,16). The molecule has 0 atom stereocenters. The first kappa shape index (κ1) is 11.6. The van der Waals surface area contributed by atoms with Crippen molar-refractivity contribution in [3.63, 3.8) is 0 Å². The summed E-state index contributed by atoms with van der Waals surface area (Å²) in [6.45, 7) is 8.11. The Bertz CT molecular complexity index is 538. The van der Waals surface area contributed by atoms with Gasteiger partial charge in [-0.3, -0.25) is 5.10 Å². The number of phenolic OH excluding ortho intramolecular Hbond substituents is 1. The Morgan fingerprint density at radius 2 is 1.94 bits per heavy atom. The number of aromatic nitrogens is 3. The van der Waals surface area contributed by atoms with Crippen LogP contribution in [0.5, 0.6) is 5.75 Å². The molecule has 0 radical (unpaired) electrons. The van der Waals surface area contributed by atoms with Crippen molar-refractivity contribution in [2.45, 2.75) is 33.1 Å². The zero-order valence-corrected chi connectivity index (χ0v) is 10.6. The summed E-state index contributed by atoms with van der Waals surface area (Å²) in [4.78, 5) is 4.47. The molecule has 0 fully saturated rings. The molecule has 1 heterocycles. The van der Waals surface area contributed by atoms with E-state index >= 15 is 0 Å². The molecule has 2 rings (SSSR count). The minimum atomic E-state index is -0.0444. The molecular formula is C13H17N3O. The molecule has 2 aromatic rings. The van der Waals surface area contributed by atoms with E-state index in [0.717, 1.165) is 17.0 Å². The second-order valence-corrected chi connectivity index (χ2v) is 5.26. The fourth-order valence-corrected chi connectivity index (χ4v) is 1.52. The van der Waals surface area contributed by atoms with Gasteiger partial charge in [0.1, 0.15) is 11.6 Å². The molecule has 1 aromatic carbocycles. The Balaban J connectivity index is 2.40. The predicted octanol–water partition coefficient (Wildman–Crippen LogP) is 2.78. The maximum atomic E-state index is 9.48. The quantitative estimate of drug-likeness (QED) is 0.793. The van der Waals surface area contributed by atoms with Gasteiger partial charge in [0, 0.05) is 11.0 Å². The fourth-order valence-electron chi connectivity index (χ4n) is 1.52. The number of H-pyrrole nitrogens is 1. The van der Waals surface area contributed by atoms with E-state index in [1.165, 1.54) is 0 Å². The molecule has 0 amide bonds. The van der Waals surface area contributed by atoms with Gasteiger partial charge in [-0.2, -0.15) is 5.10 Å². The molecule has 1 aromatic heterocycles. The number of rotatable bonds is 1. The van der Waals surface area contributed by atoms with E-state index in [-0.39, 0.29) is 5.41 Å². The number of nitrogens with one attached hydrogen (secondary N) is 1. The minimum absolute atomic E-state index is 0.0444. The van der Waals surface area contributed by atoms with E-state index in [9.17, 15) is 5.11 Å². The predicted molar refractivity (Wildman–Crippen MR) is 66.9 cm³/mol. The van der Waals surface area contributed by atoms with Gasteiger partial charge in [0.05, 0.1) is 0 Å². The highest BCUT2D eigenvalue weighted by Gasteiger charge is 2.19. The SMILES string of the molecule is Cc1cc(-c2n[nH]c(C(C)(C)C)n2)ccc1O. The third-order valence-corrected chi connectivity index (χ3v) is 2.65. The van der Waals surface area contributed by atoms with Crippen LogP contribution in [0, 0.1) is 6.92 Å². The first-order valence-electron chi connectivity index (χ1n) is 5.61. The van der Waals surface area contributed by atoms with Gasteiger partial charge >= 0.3 is 0 Å². The molecule has 0 bridgehead atoms. The maximum Gasteiger partial charge on any atom is 0.181 e. The number of aromatic hydroxyl groups is 1. The topological polar surface area (TPSA) is 61.8 Å². The highest BCUT2D eigenvalue weighted by Crippen LogP contribution is 2.25. The van der Waals surface area contributed by atoms with Crippen LogP contribution < -0.4 is 0 Å². The van der Waals surface area contributed by atoms with Gasteiger partial charge in [0.25, 0.3) is 0 Å². The molecule has 0 saturated carbocycles. The van der Waals surface area contributed by atoms with Crippen LogP contribution in [0.15, 0.2) is 18.2 Å². The molecule has 0 unspecified atom stereocenters. The van der Waals surface area contributed by atoms with Crippen molar-refractivity contribution in [3.05, 3.63) is 29.6 Å². The van der Waals surface area contributed by atoms with Crippen LogP contribution in [0.3, 0.4) is 0 Å². The number of phenols is 1. The Morgan fingerprint density at radius 1 is 1.24 bits per heavy atom. The summed E-state index contributed by atoms with van der Waals surface area (Å²) in [5.74, 6) is 1.82. The molecule has 4 nitrogen and oxygen atoms in total. The summed E-state index contributed by atoms with van der Waals surface area (Å²) in [5, 5.41) is 16.6. The smallest absolute Gasteiger partial charge is 0.181 e. The Labute approximate surface area is 101 Å². The largest absolute Gasteiger partial charge is 0.508 e. The second-order valence-electron chi connectivity index (χ2n) is 5.26. The third kappa shape index (κ3) is 2.30. The van der Waals surface area contributed by atoms with Gasteiger partial charge < -0.3 is 5.11 Å². The molecule has 90 valence electrons. The molecule has 2 N–H and O–H groups in total. The van der Waals surface area contributed by atoms with Crippen LogP contribution in [0.1, 0.15) is 32.2 Å². The normalized spacial score (nSPS) is 11.8. The molecule has 0 aliphatic heterocycles. The van der Waals surface area contributed by atoms with E-state index in [1.807, 2.05) is 19.1 Å². The van der Waals surface area contributed by atoms with Crippen LogP contribution in [-0.2, 0) is 5.41 Å². The summed E-state index contributed by atoms with van der Waals surface area (Å²) in [6, 6.07) is 5.36. The molecule has 17 heavy (non-hydrogen) atoms. The number of aromatic amines is 1. The average molecular weight is 231 g/mol. The van der Waals surface area contributed by atoms with E-state index in [4.69, 9.17) is 0 Å². The highest BCUT2D eigenvalue weighted by molar-refractivity contribution is 5.58. The van der Waals surface area contributed by atoms with Crippen LogP contribution in [0.2, 0.25) is 0 Å². The van der Waals surface area contributed by atoms with E-state index in [2.05, 4.69) is 36.0 Å². The molecule has 0 aliphatic carbocycles. The van der Waals surface area contributed by atoms with E-state index in [0.29, 0.717) is 11.6 Å². The summed E-state index contributed by atoms with van der Waals surface area (Å²) in [6.07, 6.45) is 0. The van der Waals surface area contributed by atoms with Crippen LogP contribution >= 0.6 is 0 Å². The lowest BCUT2D eigenvalue weighted by Crippen LogP contribution is -2.13. The van der Waals surface area contributed by atoms with Crippen molar-refractivity contribution >= 4 is 0 Å². The third-order valence-electron chi connectivity index (χ3n) is 2.65. The monoisotopic (exact) mass is 231 g/mol. The molecule has 0 spiro atoms. The van der Waals surface area contributed by atoms with Gasteiger partial charge in [-0.1, -0.05) is 20.8 Å². The Hall–Kier alpha value is -1.84. The molecule has 0 aliphatic rings. The van der Waals surface area contributed by atoms with Crippen molar-refractivity contribution in [2.75, 3.05) is 0 Å². The van der Waals surface area contributed by atoms with Crippen molar-refractivity contribution in [1.29, 1.82) is 0 Å². The Morgan fingerprint density at radius 3 is 2.47 bits per heavy atom. The van der Waals surface area contributed by atoms with Gasteiger partial charge in [0.15, 0.2) is 5.82 Å².